The molecular formula is C16H27ClN4O3S. The van der Waals surface area contributed by atoms with E-state index in [-0.39, 0.29) is 29.1 Å². The van der Waals surface area contributed by atoms with E-state index < -0.39 is 10.0 Å². The lowest BCUT2D eigenvalue weighted by Gasteiger charge is -2.32. The summed E-state index contributed by atoms with van der Waals surface area (Å²) in [6.07, 6.45) is 0. The molecule has 1 heterocycles. The Kier molecular flexibility index (Phi) is 7.67. The molecule has 1 aromatic rings. The van der Waals surface area contributed by atoms with E-state index in [4.69, 9.17) is 0 Å². The minimum Gasteiger partial charge on any atom is -0.384 e. The van der Waals surface area contributed by atoms with Crippen molar-refractivity contribution < 1.29 is 13.2 Å². The molecule has 1 fully saturated rings. The van der Waals surface area contributed by atoms with Gasteiger partial charge in [-0.25, -0.2) is 12.7 Å². The highest BCUT2D eigenvalue weighted by atomic mass is 35.5. The van der Waals surface area contributed by atoms with Gasteiger partial charge in [0.15, 0.2) is 0 Å². The number of halogens is 1. The lowest BCUT2D eigenvalue weighted by molar-refractivity contribution is -0.121. The molecule has 1 atom stereocenters. The zero-order chi connectivity index (χ0) is 17.9. The topological polar surface area (TPSA) is 90.5 Å². The number of hydrogen-bond donors (Lipinski definition) is 3. The van der Waals surface area contributed by atoms with E-state index in [0.717, 1.165) is 17.4 Å². The van der Waals surface area contributed by atoms with E-state index in [1.165, 1.54) is 20.2 Å². The summed E-state index contributed by atoms with van der Waals surface area (Å²) in [5.74, 6) is 0.0937. The average molecular weight is 391 g/mol. The van der Waals surface area contributed by atoms with Gasteiger partial charge in [-0.3, -0.25) is 4.79 Å². The molecule has 1 aliphatic rings. The molecule has 1 aliphatic heterocycles. The van der Waals surface area contributed by atoms with Crippen LogP contribution in [0.3, 0.4) is 0 Å². The molecule has 3 N–H and O–H groups in total. The third-order valence-corrected chi connectivity index (χ3v) is 6.14. The summed E-state index contributed by atoms with van der Waals surface area (Å²) >= 11 is 0. The third kappa shape index (κ3) is 4.84. The fourth-order valence-corrected chi connectivity index (χ4v) is 3.40. The zero-order valence-corrected chi connectivity index (χ0v) is 16.6. The van der Waals surface area contributed by atoms with Crippen LogP contribution in [0.4, 0.5) is 11.4 Å². The summed E-state index contributed by atoms with van der Waals surface area (Å²) < 4.78 is 25.8. The largest absolute Gasteiger partial charge is 0.384 e. The summed E-state index contributed by atoms with van der Waals surface area (Å²) in [4.78, 5) is 12.6. The highest BCUT2D eigenvalue weighted by molar-refractivity contribution is 7.89. The van der Waals surface area contributed by atoms with Crippen LogP contribution in [0.2, 0.25) is 0 Å². The van der Waals surface area contributed by atoms with Gasteiger partial charge in [-0.05, 0) is 44.1 Å². The van der Waals surface area contributed by atoms with Crippen molar-refractivity contribution in [1.82, 2.24) is 9.62 Å². The monoisotopic (exact) mass is 390 g/mol. The molecule has 1 aromatic carbocycles. The van der Waals surface area contributed by atoms with E-state index in [9.17, 15) is 13.2 Å². The summed E-state index contributed by atoms with van der Waals surface area (Å²) in [6.45, 7) is 6.19. The molecule has 0 bridgehead atoms. The zero-order valence-electron chi connectivity index (χ0n) is 15.0. The van der Waals surface area contributed by atoms with Crippen LogP contribution in [0.1, 0.15) is 13.8 Å². The number of nitrogens with one attached hydrogen (secondary N) is 3. The summed E-state index contributed by atoms with van der Waals surface area (Å²) in [5, 5.41) is 9.19. The molecule has 0 aromatic heterocycles. The number of hydrogen-bond acceptors (Lipinski definition) is 5. The molecule has 0 radical (unpaired) electrons. The van der Waals surface area contributed by atoms with E-state index in [1.807, 2.05) is 13.8 Å². The molecule has 1 saturated heterocycles. The second kappa shape index (κ2) is 8.84. The van der Waals surface area contributed by atoms with Crippen LogP contribution >= 0.6 is 12.4 Å². The Morgan fingerprint density at radius 3 is 2.44 bits per heavy atom. The maximum absolute atomic E-state index is 12.5. The first kappa shape index (κ1) is 21.7. The van der Waals surface area contributed by atoms with Crippen molar-refractivity contribution in [1.29, 1.82) is 0 Å². The van der Waals surface area contributed by atoms with Gasteiger partial charge in [0.1, 0.15) is 0 Å². The van der Waals surface area contributed by atoms with Crippen LogP contribution in [0, 0.1) is 11.8 Å². The fourth-order valence-electron chi connectivity index (χ4n) is 2.47. The van der Waals surface area contributed by atoms with E-state index in [1.54, 1.807) is 12.1 Å². The summed E-state index contributed by atoms with van der Waals surface area (Å²) in [7, 11) is -0.586. The van der Waals surface area contributed by atoms with Gasteiger partial charge in [0.2, 0.25) is 15.9 Å². The Labute approximate surface area is 156 Å². The first-order chi connectivity index (χ1) is 11.3. The molecule has 9 heteroatoms. The predicted molar refractivity (Wildman–Crippen MR) is 103 cm³/mol. The highest BCUT2D eigenvalue weighted by Gasteiger charge is 2.29. The van der Waals surface area contributed by atoms with E-state index in [0.29, 0.717) is 23.8 Å². The van der Waals surface area contributed by atoms with Crippen molar-refractivity contribution >= 4 is 39.7 Å². The summed E-state index contributed by atoms with van der Waals surface area (Å²) in [6, 6.07) is 4.74. The molecule has 1 amide bonds. The van der Waals surface area contributed by atoms with Crippen molar-refractivity contribution in [3.8, 4) is 0 Å². The molecule has 25 heavy (non-hydrogen) atoms. The van der Waals surface area contributed by atoms with E-state index >= 15 is 0 Å². The van der Waals surface area contributed by atoms with Crippen molar-refractivity contribution in [3.63, 3.8) is 0 Å². The Morgan fingerprint density at radius 2 is 1.96 bits per heavy atom. The number of sulfonamides is 1. The number of carbonyl (C=O) groups excluding carboxylic acids is 1. The predicted octanol–water partition coefficient (Wildman–Crippen LogP) is 1.58. The Balaban J connectivity index is 0.00000312. The number of rotatable bonds is 7. The second-order valence-electron chi connectivity index (χ2n) is 6.22. The maximum Gasteiger partial charge on any atom is 0.242 e. The standard InChI is InChI=1S/C16H26N4O3S.ClH/c1-5-18-14-7-6-13(24(22,23)20(3)4)8-15(14)19-16(21)11(2)12-9-17-10-12;/h6-8,11-12,17-18H,5,9-10H2,1-4H3,(H,19,21);1H. The molecule has 0 saturated carbocycles. The number of carbonyl (C=O) groups is 1. The van der Waals surface area contributed by atoms with Gasteiger partial charge in [0, 0.05) is 26.6 Å². The van der Waals surface area contributed by atoms with E-state index in [2.05, 4.69) is 16.0 Å². The lowest BCUT2D eigenvalue weighted by Crippen LogP contribution is -2.48. The van der Waals surface area contributed by atoms with Crippen LogP contribution in [0.15, 0.2) is 23.1 Å². The van der Waals surface area contributed by atoms with Gasteiger partial charge >= 0.3 is 0 Å². The van der Waals surface area contributed by atoms with Gasteiger partial charge < -0.3 is 16.0 Å². The Hall–Kier alpha value is -1.35. The molecule has 0 aliphatic carbocycles. The lowest BCUT2D eigenvalue weighted by atomic mass is 9.88. The first-order valence-corrected chi connectivity index (χ1v) is 9.53. The third-order valence-electron chi connectivity index (χ3n) is 4.33. The molecule has 142 valence electrons. The van der Waals surface area contributed by atoms with Gasteiger partial charge in [-0.15, -0.1) is 12.4 Å². The number of nitrogens with zero attached hydrogens (tertiary/aromatic N) is 1. The van der Waals surface area contributed by atoms with Crippen molar-refractivity contribution in [3.05, 3.63) is 18.2 Å². The van der Waals surface area contributed by atoms with Crippen LogP contribution in [-0.4, -0.2) is 52.4 Å². The molecule has 2 rings (SSSR count). The minimum absolute atomic E-state index is 0. The molecule has 0 spiro atoms. The number of anilines is 2. The first-order valence-electron chi connectivity index (χ1n) is 8.09. The molecule has 7 nitrogen and oxygen atoms in total. The van der Waals surface area contributed by atoms with Crippen LogP contribution in [0.5, 0.6) is 0 Å². The SMILES string of the molecule is CCNc1ccc(S(=O)(=O)N(C)C)cc1NC(=O)C(C)C1CNC1.Cl. The van der Waals surface area contributed by atoms with Crippen LogP contribution in [-0.2, 0) is 14.8 Å². The highest BCUT2D eigenvalue weighted by Crippen LogP contribution is 2.28. The van der Waals surface area contributed by atoms with Gasteiger partial charge in [-0.1, -0.05) is 6.92 Å². The fraction of sp³-hybridized carbons (Fsp3) is 0.562. The smallest absolute Gasteiger partial charge is 0.242 e. The normalized spacial score (nSPS) is 15.9. The Morgan fingerprint density at radius 1 is 1.32 bits per heavy atom. The van der Waals surface area contributed by atoms with Gasteiger partial charge in [0.05, 0.1) is 16.3 Å². The van der Waals surface area contributed by atoms with Gasteiger partial charge in [-0.2, -0.15) is 0 Å². The number of amides is 1. The Bertz CT molecular complexity index is 705. The second-order valence-corrected chi connectivity index (χ2v) is 8.37. The maximum atomic E-state index is 12.5. The number of benzene rings is 1. The minimum atomic E-state index is -3.55. The van der Waals surface area contributed by atoms with Crippen molar-refractivity contribution in [2.45, 2.75) is 18.7 Å². The quantitative estimate of drug-likeness (QED) is 0.657. The molecule has 1 unspecified atom stereocenters. The van der Waals surface area contributed by atoms with Crippen LogP contribution in [0.25, 0.3) is 0 Å². The van der Waals surface area contributed by atoms with Crippen molar-refractivity contribution in [2.75, 3.05) is 44.4 Å². The van der Waals surface area contributed by atoms with Gasteiger partial charge in [0.25, 0.3) is 0 Å². The molecular weight excluding hydrogens is 364 g/mol. The van der Waals surface area contributed by atoms with Crippen molar-refractivity contribution in [2.24, 2.45) is 11.8 Å². The van der Waals surface area contributed by atoms with Crippen LogP contribution < -0.4 is 16.0 Å². The summed E-state index contributed by atoms with van der Waals surface area (Å²) in [5.41, 5.74) is 1.20. The average Bonchev–Trinajstić information content (AvgIpc) is 2.47.